The van der Waals surface area contributed by atoms with Crippen molar-refractivity contribution in [3.05, 3.63) is 113 Å². The maximum Gasteiger partial charge on any atom is 0.261 e. The van der Waals surface area contributed by atoms with Gasteiger partial charge in [-0.25, -0.2) is 0 Å². The second-order valence-electron chi connectivity index (χ2n) is 7.19. The predicted molar refractivity (Wildman–Crippen MR) is 123 cm³/mol. The van der Waals surface area contributed by atoms with Crippen LogP contribution in [-0.4, -0.2) is 21.7 Å². The Kier molecular flexibility index (Phi) is 5.02. The first-order valence-electron chi connectivity index (χ1n) is 9.93. The molecule has 4 nitrogen and oxygen atoms in total. The maximum atomic E-state index is 13.4. The first-order chi connectivity index (χ1) is 15.2. The average molecular weight is 423 g/mol. The lowest BCUT2D eigenvalue weighted by atomic mass is 9.93. The summed E-state index contributed by atoms with van der Waals surface area (Å²) in [4.78, 5) is 34.1. The molecule has 0 bridgehead atoms. The van der Waals surface area contributed by atoms with E-state index in [1.54, 1.807) is 23.6 Å². The Hall–Kier alpha value is -3.83. The van der Waals surface area contributed by atoms with E-state index in [1.807, 2.05) is 66.7 Å². The monoisotopic (exact) mass is 422 g/mol. The number of imide groups is 1. The third kappa shape index (κ3) is 3.71. The Bertz CT molecular complexity index is 1290. The van der Waals surface area contributed by atoms with Gasteiger partial charge >= 0.3 is 0 Å². The molecule has 0 N–H and O–H groups in total. The second-order valence-corrected chi connectivity index (χ2v) is 8.30. The average Bonchev–Trinajstić information content (AvgIpc) is 3.29. The molecular weight excluding hydrogens is 404 g/mol. The van der Waals surface area contributed by atoms with Crippen LogP contribution in [0.5, 0.6) is 0 Å². The Morgan fingerprint density at radius 3 is 2.29 bits per heavy atom. The highest BCUT2D eigenvalue weighted by Gasteiger charge is 2.34. The molecule has 0 saturated heterocycles. The minimum absolute atomic E-state index is 0.143. The summed E-state index contributed by atoms with van der Waals surface area (Å²) in [6, 6.07) is 27.0. The van der Waals surface area contributed by atoms with Crippen LogP contribution in [-0.2, 0) is 11.3 Å². The number of benzene rings is 2. The topological polar surface area (TPSA) is 50.3 Å². The fraction of sp³-hybridized carbons (Fsp3) is 0.0385. The van der Waals surface area contributed by atoms with Crippen molar-refractivity contribution in [3.8, 4) is 10.4 Å². The molecule has 0 unspecified atom stereocenters. The molecule has 0 saturated carbocycles. The molecule has 0 fully saturated rings. The number of amides is 2. The van der Waals surface area contributed by atoms with Crippen molar-refractivity contribution in [2.24, 2.45) is 0 Å². The summed E-state index contributed by atoms with van der Waals surface area (Å²) in [6.07, 6.45) is 3.55. The van der Waals surface area contributed by atoms with E-state index >= 15 is 0 Å². The largest absolute Gasteiger partial charge is 0.269 e. The molecule has 0 spiro atoms. The molecule has 0 atom stereocenters. The lowest BCUT2D eigenvalue weighted by molar-refractivity contribution is -0.123. The number of hydrogen-bond acceptors (Lipinski definition) is 4. The van der Waals surface area contributed by atoms with Gasteiger partial charge in [0.15, 0.2) is 0 Å². The van der Waals surface area contributed by atoms with Gasteiger partial charge in [0.1, 0.15) is 0 Å². The predicted octanol–water partition coefficient (Wildman–Crippen LogP) is 5.53. The SMILES string of the molecule is O=C1C(=Cc2ccc(-c3ccccc3)s2)c2ccccc2C(=O)N1Cc1ccccn1. The maximum absolute atomic E-state index is 13.4. The lowest BCUT2D eigenvalue weighted by Gasteiger charge is -2.28. The molecule has 0 radical (unpaired) electrons. The molecule has 2 aromatic heterocycles. The summed E-state index contributed by atoms with van der Waals surface area (Å²) in [6.45, 7) is 0.143. The number of carbonyl (C=O) groups excluding carboxylic acids is 2. The van der Waals surface area contributed by atoms with Gasteiger partial charge in [-0.1, -0.05) is 54.6 Å². The number of thiophene rings is 1. The molecule has 5 rings (SSSR count). The number of hydrogen-bond donors (Lipinski definition) is 0. The zero-order chi connectivity index (χ0) is 21.2. The number of fused-ring (bicyclic) bond motifs is 1. The van der Waals surface area contributed by atoms with Gasteiger partial charge in [-0.05, 0) is 47.5 Å². The number of carbonyl (C=O) groups is 2. The van der Waals surface area contributed by atoms with Crippen molar-refractivity contribution in [2.75, 3.05) is 0 Å². The molecule has 5 heteroatoms. The van der Waals surface area contributed by atoms with Crippen molar-refractivity contribution >= 4 is 34.8 Å². The van der Waals surface area contributed by atoms with Crippen molar-refractivity contribution in [1.82, 2.24) is 9.88 Å². The Labute approximate surface area is 184 Å². The van der Waals surface area contributed by atoms with Gasteiger partial charge in [-0.15, -0.1) is 11.3 Å². The van der Waals surface area contributed by atoms with Crippen molar-refractivity contribution in [2.45, 2.75) is 6.54 Å². The Morgan fingerprint density at radius 2 is 1.52 bits per heavy atom. The smallest absolute Gasteiger partial charge is 0.261 e. The van der Waals surface area contributed by atoms with Gasteiger partial charge in [0.25, 0.3) is 11.8 Å². The summed E-state index contributed by atoms with van der Waals surface area (Å²) in [5.41, 5.74) is 3.53. The number of nitrogens with zero attached hydrogens (tertiary/aromatic N) is 2. The van der Waals surface area contributed by atoms with E-state index in [9.17, 15) is 9.59 Å². The Morgan fingerprint density at radius 1 is 0.774 bits per heavy atom. The first kappa shape index (κ1) is 19.2. The second kappa shape index (κ2) is 8.13. The molecule has 150 valence electrons. The van der Waals surface area contributed by atoms with Gasteiger partial charge in [0, 0.05) is 27.1 Å². The standard InChI is InChI=1S/C26H18N2O2S/c29-25-22-12-5-4-11-21(22)23(26(30)28(25)17-19-10-6-7-15-27-19)16-20-13-14-24(31-20)18-8-2-1-3-9-18/h1-16H,17H2. The summed E-state index contributed by atoms with van der Waals surface area (Å²) in [5.74, 6) is -0.594. The van der Waals surface area contributed by atoms with Crippen LogP contribution >= 0.6 is 11.3 Å². The van der Waals surface area contributed by atoms with E-state index in [-0.39, 0.29) is 18.4 Å². The Balaban J connectivity index is 1.55. The lowest BCUT2D eigenvalue weighted by Crippen LogP contribution is -2.41. The zero-order valence-electron chi connectivity index (χ0n) is 16.6. The van der Waals surface area contributed by atoms with Crippen molar-refractivity contribution in [3.63, 3.8) is 0 Å². The third-order valence-corrected chi connectivity index (χ3v) is 6.27. The molecule has 1 aliphatic rings. The third-order valence-electron chi connectivity index (χ3n) is 5.19. The zero-order valence-corrected chi connectivity index (χ0v) is 17.4. The van der Waals surface area contributed by atoms with Crippen LogP contribution < -0.4 is 0 Å². The van der Waals surface area contributed by atoms with E-state index in [4.69, 9.17) is 0 Å². The molecule has 1 aliphatic heterocycles. The first-order valence-corrected chi connectivity index (χ1v) is 10.7. The number of rotatable bonds is 4. The van der Waals surface area contributed by atoms with E-state index in [2.05, 4.69) is 23.2 Å². The minimum atomic E-state index is -0.302. The van der Waals surface area contributed by atoms with Crippen LogP contribution in [0.15, 0.2) is 91.1 Å². The highest BCUT2D eigenvalue weighted by molar-refractivity contribution is 7.16. The van der Waals surface area contributed by atoms with Crippen LogP contribution in [0.3, 0.4) is 0 Å². The fourth-order valence-corrected chi connectivity index (χ4v) is 4.63. The molecule has 2 amide bonds. The van der Waals surface area contributed by atoms with Crippen LogP contribution in [0.25, 0.3) is 22.1 Å². The molecule has 4 aromatic rings. The highest BCUT2D eigenvalue weighted by atomic mass is 32.1. The summed E-state index contributed by atoms with van der Waals surface area (Å²) in [7, 11) is 0. The fourth-order valence-electron chi connectivity index (χ4n) is 3.67. The van der Waals surface area contributed by atoms with Gasteiger partial charge in [0.05, 0.1) is 12.2 Å². The van der Waals surface area contributed by atoms with E-state index in [0.29, 0.717) is 22.4 Å². The number of pyridine rings is 1. The summed E-state index contributed by atoms with van der Waals surface area (Å²) >= 11 is 1.62. The summed E-state index contributed by atoms with van der Waals surface area (Å²) < 4.78 is 0. The number of aromatic nitrogens is 1. The van der Waals surface area contributed by atoms with Crippen LogP contribution in [0.1, 0.15) is 26.5 Å². The summed E-state index contributed by atoms with van der Waals surface area (Å²) in [5, 5.41) is 0. The normalized spacial score (nSPS) is 14.7. The van der Waals surface area contributed by atoms with E-state index < -0.39 is 0 Å². The van der Waals surface area contributed by atoms with Gasteiger partial charge in [-0.2, -0.15) is 0 Å². The van der Waals surface area contributed by atoms with Crippen LogP contribution in [0, 0.1) is 0 Å². The van der Waals surface area contributed by atoms with E-state index in [0.717, 1.165) is 15.3 Å². The van der Waals surface area contributed by atoms with Gasteiger partial charge in [-0.3, -0.25) is 19.5 Å². The van der Waals surface area contributed by atoms with Gasteiger partial charge < -0.3 is 0 Å². The molecular formula is C26H18N2O2S. The minimum Gasteiger partial charge on any atom is -0.269 e. The molecule has 2 aromatic carbocycles. The molecule has 3 heterocycles. The van der Waals surface area contributed by atoms with E-state index in [1.165, 1.54) is 4.90 Å². The van der Waals surface area contributed by atoms with Crippen molar-refractivity contribution in [1.29, 1.82) is 0 Å². The van der Waals surface area contributed by atoms with Crippen molar-refractivity contribution < 1.29 is 9.59 Å². The quantitative estimate of drug-likeness (QED) is 0.321. The molecule has 31 heavy (non-hydrogen) atoms. The van der Waals surface area contributed by atoms with Gasteiger partial charge in [0.2, 0.25) is 0 Å². The molecule has 0 aliphatic carbocycles. The van der Waals surface area contributed by atoms with Crippen LogP contribution in [0.2, 0.25) is 0 Å². The highest BCUT2D eigenvalue weighted by Crippen LogP contribution is 2.34. The van der Waals surface area contributed by atoms with Crippen LogP contribution in [0.4, 0.5) is 0 Å².